The van der Waals surface area contributed by atoms with Gasteiger partial charge in [-0.25, -0.2) is 4.98 Å². The predicted molar refractivity (Wildman–Crippen MR) is 106 cm³/mol. The smallest absolute Gasteiger partial charge is 0.261 e. The third-order valence-electron chi connectivity index (χ3n) is 5.15. The molecular weight excluding hydrogens is 352 g/mol. The SMILES string of the molecule is Cc1cnc(C2CCCN2C(=O)COc2ccccc2)n1Cc1ccncc1. The molecule has 0 bridgehead atoms. The zero-order valence-electron chi connectivity index (χ0n) is 16.0. The summed E-state index contributed by atoms with van der Waals surface area (Å²) < 4.78 is 7.87. The molecule has 1 fully saturated rings. The zero-order chi connectivity index (χ0) is 19.3. The van der Waals surface area contributed by atoms with E-state index in [0.29, 0.717) is 5.75 Å². The number of aryl methyl sites for hydroxylation is 1. The van der Waals surface area contributed by atoms with Crippen LogP contribution in [0.3, 0.4) is 0 Å². The lowest BCUT2D eigenvalue weighted by atomic mass is 10.2. The number of carbonyl (C=O) groups is 1. The van der Waals surface area contributed by atoms with Crippen LogP contribution < -0.4 is 4.74 Å². The monoisotopic (exact) mass is 376 g/mol. The number of ether oxygens (including phenoxy) is 1. The first-order chi connectivity index (χ1) is 13.7. The Kier molecular flexibility index (Phi) is 5.37. The van der Waals surface area contributed by atoms with Gasteiger partial charge in [-0.15, -0.1) is 0 Å². The molecule has 2 aromatic heterocycles. The maximum atomic E-state index is 12.8. The Bertz CT molecular complexity index is 924. The summed E-state index contributed by atoms with van der Waals surface area (Å²) in [6.07, 6.45) is 7.38. The summed E-state index contributed by atoms with van der Waals surface area (Å²) in [6.45, 7) is 3.56. The van der Waals surface area contributed by atoms with E-state index < -0.39 is 0 Å². The van der Waals surface area contributed by atoms with Crippen molar-refractivity contribution in [3.63, 3.8) is 0 Å². The predicted octanol–water partition coefficient (Wildman–Crippen LogP) is 3.38. The van der Waals surface area contributed by atoms with Crippen molar-refractivity contribution >= 4 is 5.91 Å². The number of para-hydroxylation sites is 1. The Morgan fingerprint density at radius 1 is 1.18 bits per heavy atom. The van der Waals surface area contributed by atoms with Crippen molar-refractivity contribution in [1.29, 1.82) is 0 Å². The maximum Gasteiger partial charge on any atom is 0.261 e. The van der Waals surface area contributed by atoms with Gasteiger partial charge >= 0.3 is 0 Å². The summed E-state index contributed by atoms with van der Waals surface area (Å²) in [6, 6.07) is 13.5. The third kappa shape index (κ3) is 3.91. The second-order valence-electron chi connectivity index (χ2n) is 7.05. The molecule has 3 heterocycles. The van der Waals surface area contributed by atoms with Crippen LogP contribution in [0, 0.1) is 6.92 Å². The van der Waals surface area contributed by atoms with Crippen molar-refractivity contribution in [3.8, 4) is 5.75 Å². The van der Waals surface area contributed by atoms with Gasteiger partial charge in [0, 0.05) is 37.4 Å². The number of aromatic nitrogens is 3. The average molecular weight is 376 g/mol. The summed E-state index contributed by atoms with van der Waals surface area (Å²) in [5, 5.41) is 0. The summed E-state index contributed by atoms with van der Waals surface area (Å²) >= 11 is 0. The summed E-state index contributed by atoms with van der Waals surface area (Å²) in [5.74, 6) is 1.66. The van der Waals surface area contributed by atoms with Crippen LogP contribution in [-0.4, -0.2) is 38.5 Å². The lowest BCUT2D eigenvalue weighted by Gasteiger charge is -2.25. The molecule has 1 aliphatic rings. The van der Waals surface area contributed by atoms with E-state index in [-0.39, 0.29) is 18.6 Å². The van der Waals surface area contributed by atoms with Crippen LogP contribution in [0.5, 0.6) is 5.75 Å². The quantitative estimate of drug-likeness (QED) is 0.662. The lowest BCUT2D eigenvalue weighted by molar-refractivity contribution is -0.134. The number of amides is 1. The molecule has 1 saturated heterocycles. The molecule has 4 rings (SSSR count). The fourth-order valence-electron chi connectivity index (χ4n) is 3.70. The van der Waals surface area contributed by atoms with Gasteiger partial charge in [-0.3, -0.25) is 9.78 Å². The van der Waals surface area contributed by atoms with Crippen LogP contribution in [0.1, 0.15) is 36.0 Å². The highest BCUT2D eigenvalue weighted by atomic mass is 16.5. The third-order valence-corrected chi connectivity index (χ3v) is 5.15. The van der Waals surface area contributed by atoms with E-state index in [4.69, 9.17) is 4.74 Å². The molecule has 1 aromatic carbocycles. The minimum absolute atomic E-state index is 0.00228. The van der Waals surface area contributed by atoms with Crippen molar-refractivity contribution in [1.82, 2.24) is 19.4 Å². The van der Waals surface area contributed by atoms with Crippen LogP contribution in [-0.2, 0) is 11.3 Å². The van der Waals surface area contributed by atoms with Gasteiger partial charge in [-0.05, 0) is 49.6 Å². The van der Waals surface area contributed by atoms with Crippen LogP contribution in [0.25, 0.3) is 0 Å². The number of carbonyl (C=O) groups excluding carboxylic acids is 1. The largest absolute Gasteiger partial charge is 0.484 e. The van der Waals surface area contributed by atoms with Crippen molar-refractivity contribution in [3.05, 3.63) is 78.1 Å². The Balaban J connectivity index is 1.50. The van der Waals surface area contributed by atoms with Gasteiger partial charge < -0.3 is 14.2 Å². The number of pyridine rings is 1. The summed E-state index contributed by atoms with van der Waals surface area (Å²) in [7, 11) is 0. The first-order valence-electron chi connectivity index (χ1n) is 9.60. The average Bonchev–Trinajstić information content (AvgIpc) is 3.35. The molecule has 144 valence electrons. The molecule has 3 aromatic rings. The molecule has 0 aliphatic carbocycles. The van der Waals surface area contributed by atoms with Crippen LogP contribution in [0.2, 0.25) is 0 Å². The Hall–Kier alpha value is -3.15. The van der Waals surface area contributed by atoms with E-state index in [1.165, 1.54) is 5.56 Å². The van der Waals surface area contributed by atoms with E-state index in [1.54, 1.807) is 12.4 Å². The molecular formula is C22H24N4O2. The number of hydrogen-bond donors (Lipinski definition) is 0. The van der Waals surface area contributed by atoms with Crippen LogP contribution >= 0.6 is 0 Å². The molecule has 0 saturated carbocycles. The number of rotatable bonds is 6. The normalized spacial score (nSPS) is 16.3. The number of hydrogen-bond acceptors (Lipinski definition) is 4. The van der Waals surface area contributed by atoms with Crippen molar-refractivity contribution in [2.75, 3.05) is 13.2 Å². The summed E-state index contributed by atoms with van der Waals surface area (Å²) in [4.78, 5) is 23.5. The number of likely N-dealkylation sites (tertiary alicyclic amines) is 1. The van der Waals surface area contributed by atoms with Gasteiger partial charge in [0.25, 0.3) is 5.91 Å². The second-order valence-corrected chi connectivity index (χ2v) is 7.05. The number of benzene rings is 1. The Morgan fingerprint density at radius 3 is 2.75 bits per heavy atom. The highest BCUT2D eigenvalue weighted by molar-refractivity contribution is 5.78. The Morgan fingerprint density at radius 2 is 1.96 bits per heavy atom. The highest BCUT2D eigenvalue weighted by Gasteiger charge is 2.33. The second kappa shape index (κ2) is 8.25. The molecule has 1 amide bonds. The molecule has 1 atom stereocenters. The number of nitrogens with zero attached hydrogens (tertiary/aromatic N) is 4. The molecule has 0 radical (unpaired) electrons. The van der Waals surface area contributed by atoms with E-state index in [1.807, 2.05) is 53.6 Å². The van der Waals surface area contributed by atoms with Crippen LogP contribution in [0.4, 0.5) is 0 Å². The maximum absolute atomic E-state index is 12.8. The molecule has 0 N–H and O–H groups in total. The first kappa shape index (κ1) is 18.2. The summed E-state index contributed by atoms with van der Waals surface area (Å²) in [5.41, 5.74) is 2.26. The fraction of sp³-hybridized carbons (Fsp3) is 0.318. The molecule has 6 nitrogen and oxygen atoms in total. The van der Waals surface area contributed by atoms with E-state index >= 15 is 0 Å². The van der Waals surface area contributed by atoms with Gasteiger partial charge in [0.05, 0.1) is 6.04 Å². The van der Waals surface area contributed by atoms with Gasteiger partial charge in [-0.1, -0.05) is 18.2 Å². The van der Waals surface area contributed by atoms with Gasteiger partial charge in [0.2, 0.25) is 0 Å². The molecule has 1 unspecified atom stereocenters. The minimum Gasteiger partial charge on any atom is -0.484 e. The van der Waals surface area contributed by atoms with Crippen molar-refractivity contribution in [2.24, 2.45) is 0 Å². The first-order valence-corrected chi connectivity index (χ1v) is 9.60. The Labute approximate surface area is 164 Å². The topological polar surface area (TPSA) is 60.3 Å². The highest BCUT2D eigenvalue weighted by Crippen LogP contribution is 2.32. The van der Waals surface area contributed by atoms with Crippen molar-refractivity contribution in [2.45, 2.75) is 32.4 Å². The lowest BCUT2D eigenvalue weighted by Crippen LogP contribution is -2.35. The van der Waals surface area contributed by atoms with Gasteiger partial charge in [0.1, 0.15) is 11.6 Å². The molecule has 6 heteroatoms. The van der Waals surface area contributed by atoms with E-state index in [0.717, 1.165) is 37.4 Å². The zero-order valence-corrected chi connectivity index (χ0v) is 16.0. The number of imidazole rings is 1. The van der Waals surface area contributed by atoms with Gasteiger partial charge in [0.15, 0.2) is 6.61 Å². The molecule has 28 heavy (non-hydrogen) atoms. The minimum atomic E-state index is -0.0117. The van der Waals surface area contributed by atoms with Gasteiger partial charge in [-0.2, -0.15) is 0 Å². The van der Waals surface area contributed by atoms with E-state index in [2.05, 4.69) is 21.5 Å². The van der Waals surface area contributed by atoms with Crippen molar-refractivity contribution < 1.29 is 9.53 Å². The molecule has 1 aliphatic heterocycles. The van der Waals surface area contributed by atoms with E-state index in [9.17, 15) is 4.79 Å². The molecule has 0 spiro atoms. The standard InChI is InChI=1S/C22H24N4O2/c1-17-14-24-22(26(17)15-18-9-11-23-12-10-18)20-8-5-13-25(20)21(27)16-28-19-6-3-2-4-7-19/h2-4,6-7,9-12,14,20H,5,8,13,15-16H2,1H3. The van der Waals surface area contributed by atoms with Crippen LogP contribution in [0.15, 0.2) is 61.1 Å². The fourth-order valence-corrected chi connectivity index (χ4v) is 3.70.